The fourth-order valence-electron chi connectivity index (χ4n) is 2.09. The first kappa shape index (κ1) is 13.1. The lowest BCUT2D eigenvalue weighted by Gasteiger charge is -2.11. The Kier molecular flexibility index (Phi) is 3.25. The summed E-state index contributed by atoms with van der Waals surface area (Å²) in [6, 6.07) is 3.50. The van der Waals surface area contributed by atoms with E-state index in [4.69, 9.17) is 5.11 Å². The van der Waals surface area contributed by atoms with Gasteiger partial charge in [-0.15, -0.1) is 0 Å². The molecule has 0 aromatic carbocycles. The van der Waals surface area contributed by atoms with Crippen molar-refractivity contribution in [3.8, 4) is 0 Å². The SMILES string of the molecule is Cc1cc(C)n(Cc2ccn(C)n2)c(=O)c1C(=O)O. The lowest BCUT2D eigenvalue weighted by molar-refractivity contribution is 0.0693. The Morgan fingerprint density at radius 1 is 1.42 bits per heavy atom. The summed E-state index contributed by atoms with van der Waals surface area (Å²) in [5.41, 5.74) is 1.25. The van der Waals surface area contributed by atoms with Gasteiger partial charge in [-0.2, -0.15) is 5.10 Å². The molecule has 100 valence electrons. The van der Waals surface area contributed by atoms with Gasteiger partial charge in [0.1, 0.15) is 5.56 Å². The molecule has 2 rings (SSSR count). The van der Waals surface area contributed by atoms with Crippen LogP contribution in [0.15, 0.2) is 23.1 Å². The van der Waals surface area contributed by atoms with Gasteiger partial charge in [-0.3, -0.25) is 9.48 Å². The molecule has 0 radical (unpaired) electrons. The maximum Gasteiger partial charge on any atom is 0.341 e. The van der Waals surface area contributed by atoms with E-state index in [-0.39, 0.29) is 12.1 Å². The Morgan fingerprint density at radius 3 is 2.63 bits per heavy atom. The predicted octanol–water partition coefficient (Wildman–Crippen LogP) is 0.945. The smallest absolute Gasteiger partial charge is 0.341 e. The minimum Gasteiger partial charge on any atom is -0.477 e. The molecule has 0 aliphatic heterocycles. The Hall–Kier alpha value is -2.37. The minimum atomic E-state index is -1.20. The Labute approximate surface area is 109 Å². The van der Waals surface area contributed by atoms with E-state index >= 15 is 0 Å². The maximum absolute atomic E-state index is 12.2. The van der Waals surface area contributed by atoms with Crippen LogP contribution in [0, 0.1) is 13.8 Å². The van der Waals surface area contributed by atoms with Crippen molar-refractivity contribution < 1.29 is 9.90 Å². The first-order chi connectivity index (χ1) is 8.90. The molecule has 0 amide bonds. The lowest BCUT2D eigenvalue weighted by atomic mass is 10.1. The normalized spacial score (nSPS) is 10.7. The van der Waals surface area contributed by atoms with Crippen LogP contribution in [0.5, 0.6) is 0 Å². The van der Waals surface area contributed by atoms with E-state index in [9.17, 15) is 9.59 Å². The minimum absolute atomic E-state index is 0.179. The summed E-state index contributed by atoms with van der Waals surface area (Å²) in [5, 5.41) is 13.3. The van der Waals surface area contributed by atoms with Crippen LogP contribution < -0.4 is 5.56 Å². The molecule has 0 spiro atoms. The van der Waals surface area contributed by atoms with Crippen LogP contribution in [0.4, 0.5) is 0 Å². The Balaban J connectivity index is 2.54. The van der Waals surface area contributed by atoms with Crippen molar-refractivity contribution in [1.82, 2.24) is 14.3 Å². The molecule has 0 saturated carbocycles. The van der Waals surface area contributed by atoms with Gasteiger partial charge in [0.05, 0.1) is 12.2 Å². The first-order valence-electron chi connectivity index (χ1n) is 5.83. The lowest BCUT2D eigenvalue weighted by Crippen LogP contribution is -2.29. The van der Waals surface area contributed by atoms with Crippen LogP contribution in [0.3, 0.4) is 0 Å². The van der Waals surface area contributed by atoms with Gasteiger partial charge in [-0.05, 0) is 31.5 Å². The molecule has 0 aliphatic carbocycles. The van der Waals surface area contributed by atoms with Crippen LogP contribution in [0.1, 0.15) is 27.3 Å². The topological polar surface area (TPSA) is 77.1 Å². The van der Waals surface area contributed by atoms with Gasteiger partial charge in [0, 0.05) is 18.9 Å². The summed E-state index contributed by atoms with van der Waals surface area (Å²) in [5.74, 6) is -1.20. The molecule has 2 aromatic heterocycles. The van der Waals surface area contributed by atoms with Crippen LogP contribution in [0.2, 0.25) is 0 Å². The van der Waals surface area contributed by atoms with E-state index in [0.717, 1.165) is 5.69 Å². The van der Waals surface area contributed by atoms with Crippen molar-refractivity contribution in [3.63, 3.8) is 0 Å². The molecule has 19 heavy (non-hydrogen) atoms. The highest BCUT2D eigenvalue weighted by molar-refractivity contribution is 5.88. The summed E-state index contributed by atoms with van der Waals surface area (Å²) < 4.78 is 3.07. The number of hydrogen-bond donors (Lipinski definition) is 1. The van der Waals surface area contributed by atoms with E-state index < -0.39 is 11.5 Å². The molecule has 1 N–H and O–H groups in total. The fraction of sp³-hybridized carbons (Fsp3) is 0.308. The van der Waals surface area contributed by atoms with Crippen LogP contribution >= 0.6 is 0 Å². The zero-order valence-corrected chi connectivity index (χ0v) is 11.0. The quantitative estimate of drug-likeness (QED) is 0.892. The van der Waals surface area contributed by atoms with Crippen LogP contribution in [0.25, 0.3) is 0 Å². The number of aromatic carboxylic acids is 1. The van der Waals surface area contributed by atoms with Crippen molar-refractivity contribution in [2.24, 2.45) is 7.05 Å². The predicted molar refractivity (Wildman–Crippen MR) is 69.4 cm³/mol. The highest BCUT2D eigenvalue weighted by Crippen LogP contribution is 2.08. The van der Waals surface area contributed by atoms with Crippen molar-refractivity contribution in [3.05, 3.63) is 51.2 Å². The van der Waals surface area contributed by atoms with Gasteiger partial charge < -0.3 is 9.67 Å². The van der Waals surface area contributed by atoms with Gasteiger partial charge >= 0.3 is 5.97 Å². The average Bonchev–Trinajstić information content (AvgIpc) is 2.69. The van der Waals surface area contributed by atoms with Crippen molar-refractivity contribution in [2.45, 2.75) is 20.4 Å². The molecule has 0 bridgehead atoms. The van der Waals surface area contributed by atoms with Gasteiger partial charge in [0.2, 0.25) is 0 Å². The van der Waals surface area contributed by atoms with Gasteiger partial charge in [0.25, 0.3) is 5.56 Å². The molecule has 2 heterocycles. The summed E-state index contributed by atoms with van der Waals surface area (Å²) in [7, 11) is 1.79. The fourth-order valence-corrected chi connectivity index (χ4v) is 2.09. The van der Waals surface area contributed by atoms with Crippen LogP contribution in [-0.4, -0.2) is 25.4 Å². The molecule has 6 nitrogen and oxygen atoms in total. The van der Waals surface area contributed by atoms with E-state index in [0.29, 0.717) is 11.3 Å². The molecule has 0 aliphatic rings. The second kappa shape index (κ2) is 4.72. The third-order valence-corrected chi connectivity index (χ3v) is 3.01. The van der Waals surface area contributed by atoms with Crippen molar-refractivity contribution in [2.75, 3.05) is 0 Å². The molecule has 0 atom stereocenters. The number of pyridine rings is 1. The molecular weight excluding hydrogens is 246 g/mol. The number of rotatable bonds is 3. The van der Waals surface area contributed by atoms with Gasteiger partial charge in [-0.1, -0.05) is 0 Å². The third kappa shape index (κ3) is 2.42. The highest BCUT2D eigenvalue weighted by atomic mass is 16.4. The zero-order chi connectivity index (χ0) is 14.2. The monoisotopic (exact) mass is 261 g/mol. The molecule has 2 aromatic rings. The van der Waals surface area contributed by atoms with Crippen molar-refractivity contribution in [1.29, 1.82) is 0 Å². The molecule has 0 saturated heterocycles. The number of carbonyl (C=O) groups is 1. The van der Waals surface area contributed by atoms with Crippen LogP contribution in [-0.2, 0) is 13.6 Å². The average molecular weight is 261 g/mol. The summed E-state index contributed by atoms with van der Waals surface area (Å²) >= 11 is 0. The van der Waals surface area contributed by atoms with E-state index in [1.54, 1.807) is 43.9 Å². The summed E-state index contributed by atoms with van der Waals surface area (Å²) in [6.45, 7) is 3.68. The molecule has 0 unspecified atom stereocenters. The summed E-state index contributed by atoms with van der Waals surface area (Å²) in [6.07, 6.45) is 1.78. The van der Waals surface area contributed by atoms with E-state index in [1.165, 1.54) is 4.57 Å². The summed E-state index contributed by atoms with van der Waals surface area (Å²) in [4.78, 5) is 23.3. The number of aromatic nitrogens is 3. The number of aryl methyl sites for hydroxylation is 3. The number of carboxylic acid groups (broad SMARTS) is 1. The van der Waals surface area contributed by atoms with Crippen molar-refractivity contribution >= 4 is 5.97 Å². The largest absolute Gasteiger partial charge is 0.477 e. The molecule has 6 heteroatoms. The zero-order valence-electron chi connectivity index (χ0n) is 11.0. The maximum atomic E-state index is 12.2. The molecule has 0 fully saturated rings. The number of hydrogen-bond acceptors (Lipinski definition) is 3. The highest BCUT2D eigenvalue weighted by Gasteiger charge is 2.16. The third-order valence-electron chi connectivity index (χ3n) is 3.01. The van der Waals surface area contributed by atoms with Gasteiger partial charge in [0.15, 0.2) is 0 Å². The van der Waals surface area contributed by atoms with Gasteiger partial charge in [-0.25, -0.2) is 4.79 Å². The first-order valence-corrected chi connectivity index (χ1v) is 5.83. The van der Waals surface area contributed by atoms with E-state index in [1.807, 2.05) is 0 Å². The number of carboxylic acids is 1. The second-order valence-electron chi connectivity index (χ2n) is 4.52. The standard InChI is InChI=1S/C13H15N3O3/c1-8-6-9(2)16(12(17)11(8)13(18)19)7-10-4-5-15(3)14-10/h4-6H,7H2,1-3H3,(H,18,19). The Morgan fingerprint density at radius 2 is 2.11 bits per heavy atom. The second-order valence-corrected chi connectivity index (χ2v) is 4.52. The number of nitrogens with zero attached hydrogens (tertiary/aromatic N) is 3. The van der Waals surface area contributed by atoms with E-state index in [2.05, 4.69) is 5.10 Å². The Bertz CT molecular complexity index is 698. The molecular formula is C13H15N3O3.